The van der Waals surface area contributed by atoms with Gasteiger partial charge in [0.2, 0.25) is 0 Å². The zero-order valence-electron chi connectivity index (χ0n) is 20.3. The van der Waals surface area contributed by atoms with Gasteiger partial charge < -0.3 is 9.47 Å². The van der Waals surface area contributed by atoms with Crippen LogP contribution in [-0.4, -0.2) is 29.9 Å². The highest BCUT2D eigenvalue weighted by Gasteiger charge is 2.37. The van der Waals surface area contributed by atoms with Crippen LogP contribution in [0, 0.1) is 24.0 Å². The molecule has 4 rings (SSSR count). The molecular weight excluding hydrogens is 478 g/mol. The Hall–Kier alpha value is -4.99. The third-order valence-electron chi connectivity index (χ3n) is 5.60. The molecule has 10 nitrogen and oxygen atoms in total. The Balaban J connectivity index is 1.70. The van der Waals surface area contributed by atoms with Gasteiger partial charge in [0.15, 0.2) is 0 Å². The van der Waals surface area contributed by atoms with Crippen LogP contribution in [0.25, 0.3) is 6.08 Å². The van der Waals surface area contributed by atoms with Crippen LogP contribution in [0.2, 0.25) is 0 Å². The molecule has 0 unspecified atom stereocenters. The monoisotopic (exact) mass is 501 g/mol. The number of amides is 4. The number of anilines is 1. The molecule has 1 aliphatic heterocycles. The van der Waals surface area contributed by atoms with Gasteiger partial charge in [0.25, 0.3) is 17.5 Å². The van der Waals surface area contributed by atoms with E-state index in [4.69, 9.17) is 9.47 Å². The molecule has 0 bridgehead atoms. The molecular formula is C27H23N3O7. The van der Waals surface area contributed by atoms with Gasteiger partial charge in [-0.1, -0.05) is 35.4 Å². The van der Waals surface area contributed by atoms with Gasteiger partial charge in [-0.2, -0.15) is 0 Å². The van der Waals surface area contributed by atoms with Crippen LogP contribution >= 0.6 is 0 Å². The van der Waals surface area contributed by atoms with E-state index in [0.29, 0.717) is 22.0 Å². The third kappa shape index (κ3) is 5.48. The Morgan fingerprint density at radius 1 is 1.00 bits per heavy atom. The van der Waals surface area contributed by atoms with Crippen molar-refractivity contribution in [2.24, 2.45) is 0 Å². The second-order valence-corrected chi connectivity index (χ2v) is 8.42. The molecule has 1 fully saturated rings. The smallest absolute Gasteiger partial charge is 0.335 e. The summed E-state index contributed by atoms with van der Waals surface area (Å²) in [6.45, 7) is 4.20. The summed E-state index contributed by atoms with van der Waals surface area (Å²) in [6.07, 6.45) is 1.31. The van der Waals surface area contributed by atoms with Crippen LogP contribution in [0.15, 0.2) is 66.2 Å². The summed E-state index contributed by atoms with van der Waals surface area (Å²) in [5.74, 6) is -0.964. The van der Waals surface area contributed by atoms with E-state index in [1.54, 1.807) is 18.2 Å². The summed E-state index contributed by atoms with van der Waals surface area (Å²) in [7, 11) is 1.50. The molecule has 0 aliphatic carbocycles. The van der Waals surface area contributed by atoms with Crippen molar-refractivity contribution < 1.29 is 28.8 Å². The molecule has 0 atom stereocenters. The van der Waals surface area contributed by atoms with Crippen molar-refractivity contribution in [2.75, 3.05) is 12.0 Å². The number of nitro benzene ring substituents is 1. The van der Waals surface area contributed by atoms with Crippen molar-refractivity contribution in [3.63, 3.8) is 0 Å². The number of aryl methyl sites for hydroxylation is 2. The highest BCUT2D eigenvalue weighted by atomic mass is 16.6. The predicted molar refractivity (Wildman–Crippen MR) is 135 cm³/mol. The molecule has 10 heteroatoms. The quantitative estimate of drug-likeness (QED) is 0.219. The number of benzene rings is 3. The van der Waals surface area contributed by atoms with Crippen LogP contribution in [0.1, 0.15) is 22.3 Å². The first kappa shape index (κ1) is 25.1. The number of methoxy groups -OCH3 is 1. The van der Waals surface area contributed by atoms with Gasteiger partial charge >= 0.3 is 6.03 Å². The van der Waals surface area contributed by atoms with Crippen LogP contribution in [0.3, 0.4) is 0 Å². The topological polar surface area (TPSA) is 128 Å². The summed E-state index contributed by atoms with van der Waals surface area (Å²) in [5.41, 5.74) is 2.81. The average Bonchev–Trinajstić information content (AvgIpc) is 2.85. The Morgan fingerprint density at radius 2 is 1.73 bits per heavy atom. The molecule has 1 aliphatic rings. The fourth-order valence-corrected chi connectivity index (χ4v) is 3.99. The summed E-state index contributed by atoms with van der Waals surface area (Å²) in [5, 5.41) is 13.3. The van der Waals surface area contributed by atoms with Crippen LogP contribution in [-0.2, 0) is 16.2 Å². The number of carbonyl (C=O) groups excluding carboxylic acids is 3. The average molecular weight is 501 g/mol. The van der Waals surface area contributed by atoms with E-state index in [2.05, 4.69) is 5.32 Å². The first-order valence-electron chi connectivity index (χ1n) is 11.2. The number of hydrogen-bond donors (Lipinski definition) is 1. The number of imide groups is 2. The van der Waals surface area contributed by atoms with E-state index in [1.165, 1.54) is 31.4 Å². The molecule has 0 spiro atoms. The first-order chi connectivity index (χ1) is 17.7. The van der Waals surface area contributed by atoms with Gasteiger partial charge in [0.05, 0.1) is 17.7 Å². The summed E-state index contributed by atoms with van der Waals surface area (Å²) in [4.78, 5) is 49.6. The van der Waals surface area contributed by atoms with Crippen LogP contribution in [0.5, 0.6) is 11.5 Å². The molecule has 4 amide bonds. The van der Waals surface area contributed by atoms with Crippen LogP contribution in [0.4, 0.5) is 16.2 Å². The maximum Gasteiger partial charge on any atom is 0.335 e. The summed E-state index contributed by atoms with van der Waals surface area (Å²) >= 11 is 0. The molecule has 0 saturated carbocycles. The minimum absolute atomic E-state index is 0.0453. The highest BCUT2D eigenvalue weighted by Crippen LogP contribution is 2.30. The number of carbonyl (C=O) groups is 3. The van der Waals surface area contributed by atoms with Gasteiger partial charge in [-0.15, -0.1) is 0 Å². The van der Waals surface area contributed by atoms with E-state index in [0.717, 1.165) is 22.8 Å². The van der Waals surface area contributed by atoms with Crippen molar-refractivity contribution in [3.8, 4) is 11.5 Å². The second-order valence-electron chi connectivity index (χ2n) is 8.42. The fraction of sp³-hybridized carbons (Fsp3) is 0.148. The minimum atomic E-state index is -1.01. The van der Waals surface area contributed by atoms with Gasteiger partial charge in [-0.05, 0) is 43.7 Å². The van der Waals surface area contributed by atoms with Crippen molar-refractivity contribution in [2.45, 2.75) is 20.5 Å². The van der Waals surface area contributed by atoms with E-state index in [1.807, 2.05) is 32.0 Å². The van der Waals surface area contributed by atoms with E-state index in [-0.39, 0.29) is 23.6 Å². The van der Waals surface area contributed by atoms with Crippen LogP contribution < -0.4 is 19.7 Å². The second kappa shape index (κ2) is 10.3. The van der Waals surface area contributed by atoms with Gasteiger partial charge in [0.1, 0.15) is 23.7 Å². The molecule has 1 heterocycles. The molecule has 3 aromatic rings. The van der Waals surface area contributed by atoms with Crippen molar-refractivity contribution in [1.82, 2.24) is 5.32 Å². The SMILES string of the molecule is COc1ccc(/C=C2\C(=O)NC(=O)N(c3cccc([N+](=O)[O-])c3)C2=O)c(OCc2cc(C)cc(C)c2)c1. The van der Waals surface area contributed by atoms with Crippen molar-refractivity contribution in [3.05, 3.63) is 98.6 Å². The fourth-order valence-electron chi connectivity index (χ4n) is 3.99. The first-order valence-corrected chi connectivity index (χ1v) is 11.2. The third-order valence-corrected chi connectivity index (χ3v) is 5.60. The normalized spacial score (nSPS) is 14.5. The summed E-state index contributed by atoms with van der Waals surface area (Å²) < 4.78 is 11.3. The largest absolute Gasteiger partial charge is 0.497 e. The van der Waals surface area contributed by atoms with Gasteiger partial charge in [-0.25, -0.2) is 9.69 Å². The zero-order chi connectivity index (χ0) is 26.7. The number of nitro groups is 1. The Bertz CT molecular complexity index is 1440. The number of hydrogen-bond acceptors (Lipinski definition) is 7. The maximum absolute atomic E-state index is 13.3. The molecule has 37 heavy (non-hydrogen) atoms. The predicted octanol–water partition coefficient (Wildman–Crippen LogP) is 4.47. The lowest BCUT2D eigenvalue weighted by molar-refractivity contribution is -0.384. The van der Waals surface area contributed by atoms with Gasteiger partial charge in [-0.3, -0.25) is 25.0 Å². The van der Waals surface area contributed by atoms with E-state index >= 15 is 0 Å². The molecule has 0 radical (unpaired) electrons. The number of barbiturate groups is 1. The Kier molecular flexibility index (Phi) is 7.01. The van der Waals surface area contributed by atoms with E-state index in [9.17, 15) is 24.5 Å². The minimum Gasteiger partial charge on any atom is -0.497 e. The van der Waals surface area contributed by atoms with Crippen molar-refractivity contribution >= 4 is 35.3 Å². The number of nitrogens with zero attached hydrogens (tertiary/aromatic N) is 2. The number of rotatable bonds is 7. The van der Waals surface area contributed by atoms with Gasteiger partial charge in [0, 0.05) is 23.8 Å². The summed E-state index contributed by atoms with van der Waals surface area (Å²) in [6, 6.07) is 14.9. The number of urea groups is 1. The maximum atomic E-state index is 13.3. The lowest BCUT2D eigenvalue weighted by atomic mass is 10.1. The number of non-ortho nitro benzene ring substituents is 1. The molecule has 1 saturated heterocycles. The lowest BCUT2D eigenvalue weighted by Gasteiger charge is -2.26. The Labute approximate surface area is 212 Å². The van der Waals surface area contributed by atoms with E-state index < -0.39 is 22.8 Å². The lowest BCUT2D eigenvalue weighted by Crippen LogP contribution is -2.54. The standard InChI is InChI=1S/C27H23N3O7/c1-16-9-17(2)11-18(10-16)15-37-24-14-22(36-3)8-7-19(24)12-23-25(31)28-27(33)29(26(23)32)20-5-4-6-21(13-20)30(34)35/h4-14H,15H2,1-3H3,(H,28,31,33)/b23-12+. The Morgan fingerprint density at radius 3 is 2.41 bits per heavy atom. The molecule has 1 N–H and O–H groups in total. The molecule has 0 aromatic heterocycles. The molecule has 188 valence electrons. The van der Waals surface area contributed by atoms with Crippen molar-refractivity contribution in [1.29, 1.82) is 0 Å². The number of ether oxygens (including phenoxy) is 2. The highest BCUT2D eigenvalue weighted by molar-refractivity contribution is 6.39. The number of nitrogens with one attached hydrogen (secondary N) is 1. The zero-order valence-corrected chi connectivity index (χ0v) is 20.3. The molecule has 3 aromatic carbocycles.